The lowest BCUT2D eigenvalue weighted by Crippen LogP contribution is -2.32. The maximum Gasteiger partial charge on any atom is 0.123 e. The fraction of sp³-hybridized carbons (Fsp3) is 0.571. The van der Waals surface area contributed by atoms with E-state index in [-0.39, 0.29) is 5.60 Å². The zero-order valence-electron chi connectivity index (χ0n) is 9.92. The molecule has 1 saturated carbocycles. The van der Waals surface area contributed by atoms with Gasteiger partial charge in [0.05, 0.1) is 5.60 Å². The first-order valence-electron chi connectivity index (χ1n) is 6.03. The molecule has 0 saturated heterocycles. The molecule has 16 heavy (non-hydrogen) atoms. The van der Waals surface area contributed by atoms with Crippen molar-refractivity contribution in [3.63, 3.8) is 0 Å². The molecular weight excluding hydrogens is 200 g/mol. The van der Waals surface area contributed by atoms with Crippen molar-refractivity contribution in [2.24, 2.45) is 0 Å². The zero-order chi connectivity index (χ0) is 11.4. The summed E-state index contributed by atoms with van der Waals surface area (Å²) < 4.78 is 5.97. The fourth-order valence-electron chi connectivity index (χ4n) is 2.34. The summed E-state index contributed by atoms with van der Waals surface area (Å²) in [4.78, 5) is 0. The molecule has 0 aromatic heterocycles. The molecule has 0 spiro atoms. The molecule has 2 nitrogen and oxygen atoms in total. The topological polar surface area (TPSA) is 29.5 Å². The summed E-state index contributed by atoms with van der Waals surface area (Å²) in [7, 11) is 0. The van der Waals surface area contributed by atoms with E-state index in [1.54, 1.807) is 0 Å². The summed E-state index contributed by atoms with van der Waals surface area (Å²) in [5, 5.41) is 10.1. The molecule has 2 aliphatic rings. The molecule has 0 bridgehead atoms. The number of benzene rings is 1. The van der Waals surface area contributed by atoms with Crippen LogP contribution in [-0.2, 0) is 12.0 Å². The molecule has 0 amide bonds. The van der Waals surface area contributed by atoms with E-state index in [9.17, 15) is 5.11 Å². The lowest BCUT2D eigenvalue weighted by Gasteiger charge is -2.33. The Morgan fingerprint density at radius 2 is 1.94 bits per heavy atom. The minimum absolute atomic E-state index is 0.0716. The SMILES string of the molecule is CC1(C)CCc2ccc(C3(O)CC3)cc2O1. The summed E-state index contributed by atoms with van der Waals surface area (Å²) >= 11 is 0. The Morgan fingerprint density at radius 3 is 2.62 bits per heavy atom. The van der Waals surface area contributed by atoms with Crippen LogP contribution >= 0.6 is 0 Å². The summed E-state index contributed by atoms with van der Waals surface area (Å²) in [6, 6.07) is 6.19. The summed E-state index contributed by atoms with van der Waals surface area (Å²) in [5.74, 6) is 0.967. The number of ether oxygens (including phenoxy) is 1. The van der Waals surface area contributed by atoms with Gasteiger partial charge in [-0.3, -0.25) is 0 Å². The second kappa shape index (κ2) is 3.01. The van der Waals surface area contributed by atoms with Gasteiger partial charge in [-0.05, 0) is 56.7 Å². The average Bonchev–Trinajstić information content (AvgIpc) is 2.95. The molecule has 86 valence electrons. The van der Waals surface area contributed by atoms with Crippen LogP contribution in [0.5, 0.6) is 5.75 Å². The van der Waals surface area contributed by atoms with Gasteiger partial charge in [0.2, 0.25) is 0 Å². The Morgan fingerprint density at radius 1 is 1.19 bits per heavy atom. The van der Waals surface area contributed by atoms with E-state index in [2.05, 4.69) is 19.9 Å². The van der Waals surface area contributed by atoms with Crippen LogP contribution < -0.4 is 4.74 Å². The van der Waals surface area contributed by atoms with Crippen molar-refractivity contribution in [3.05, 3.63) is 29.3 Å². The molecule has 3 rings (SSSR count). The van der Waals surface area contributed by atoms with Gasteiger partial charge >= 0.3 is 0 Å². The Kier molecular flexibility index (Phi) is 1.91. The molecule has 0 radical (unpaired) electrons. The summed E-state index contributed by atoms with van der Waals surface area (Å²) in [6.07, 6.45) is 3.90. The van der Waals surface area contributed by atoms with Gasteiger partial charge in [0.25, 0.3) is 0 Å². The van der Waals surface area contributed by atoms with Crippen molar-refractivity contribution in [2.45, 2.75) is 50.7 Å². The monoisotopic (exact) mass is 218 g/mol. The van der Waals surface area contributed by atoms with Crippen LogP contribution in [0.3, 0.4) is 0 Å². The third kappa shape index (κ3) is 1.61. The third-order valence-corrected chi connectivity index (χ3v) is 3.71. The number of aryl methyl sites for hydroxylation is 1. The minimum Gasteiger partial charge on any atom is -0.488 e. The van der Waals surface area contributed by atoms with Crippen LogP contribution in [-0.4, -0.2) is 10.7 Å². The normalized spacial score (nSPS) is 24.4. The largest absolute Gasteiger partial charge is 0.488 e. The molecule has 0 unspecified atom stereocenters. The average molecular weight is 218 g/mol. The van der Waals surface area contributed by atoms with Crippen molar-refractivity contribution in [1.29, 1.82) is 0 Å². The van der Waals surface area contributed by atoms with Gasteiger partial charge in [-0.15, -0.1) is 0 Å². The Bertz CT molecular complexity index is 430. The summed E-state index contributed by atoms with van der Waals surface area (Å²) in [6.45, 7) is 4.24. The van der Waals surface area contributed by atoms with Crippen molar-refractivity contribution >= 4 is 0 Å². The Balaban J connectivity index is 1.98. The van der Waals surface area contributed by atoms with E-state index in [0.29, 0.717) is 0 Å². The highest BCUT2D eigenvalue weighted by Crippen LogP contribution is 2.47. The van der Waals surface area contributed by atoms with Gasteiger partial charge in [-0.2, -0.15) is 0 Å². The Labute approximate surface area is 96.2 Å². The fourth-order valence-corrected chi connectivity index (χ4v) is 2.34. The molecule has 1 fully saturated rings. The van der Waals surface area contributed by atoms with Crippen molar-refractivity contribution in [1.82, 2.24) is 0 Å². The molecule has 2 heteroatoms. The standard InChI is InChI=1S/C14H18O2/c1-13(2)6-5-10-3-4-11(9-12(10)16-13)14(15)7-8-14/h3-4,9,15H,5-8H2,1-2H3. The van der Waals surface area contributed by atoms with E-state index < -0.39 is 5.60 Å². The number of hydrogen-bond donors (Lipinski definition) is 1. The van der Waals surface area contributed by atoms with E-state index in [4.69, 9.17) is 4.74 Å². The quantitative estimate of drug-likeness (QED) is 0.785. The van der Waals surface area contributed by atoms with Crippen LogP contribution in [0.2, 0.25) is 0 Å². The second-order valence-corrected chi connectivity index (χ2v) is 5.72. The maximum atomic E-state index is 10.1. The minimum atomic E-state index is -0.556. The molecule has 1 aliphatic heterocycles. The first kappa shape index (κ1) is 10.2. The van der Waals surface area contributed by atoms with Gasteiger partial charge < -0.3 is 9.84 Å². The smallest absolute Gasteiger partial charge is 0.123 e. The number of aliphatic hydroxyl groups is 1. The number of hydrogen-bond acceptors (Lipinski definition) is 2. The highest BCUT2D eigenvalue weighted by atomic mass is 16.5. The van der Waals surface area contributed by atoms with Crippen molar-refractivity contribution < 1.29 is 9.84 Å². The van der Waals surface area contributed by atoms with E-state index in [0.717, 1.165) is 37.0 Å². The lowest BCUT2D eigenvalue weighted by molar-refractivity contribution is 0.0834. The van der Waals surface area contributed by atoms with Crippen molar-refractivity contribution in [3.8, 4) is 5.75 Å². The van der Waals surface area contributed by atoms with Crippen LogP contribution in [0.4, 0.5) is 0 Å². The van der Waals surface area contributed by atoms with Gasteiger partial charge in [-0.1, -0.05) is 12.1 Å². The van der Waals surface area contributed by atoms with Crippen LogP contribution in [0.1, 0.15) is 44.2 Å². The zero-order valence-corrected chi connectivity index (χ0v) is 9.92. The van der Waals surface area contributed by atoms with E-state index in [1.165, 1.54) is 5.56 Å². The molecule has 1 aliphatic carbocycles. The number of rotatable bonds is 1. The first-order chi connectivity index (χ1) is 7.49. The molecule has 1 N–H and O–H groups in total. The van der Waals surface area contributed by atoms with Gasteiger partial charge in [0.1, 0.15) is 11.4 Å². The Hall–Kier alpha value is -1.02. The van der Waals surface area contributed by atoms with Gasteiger partial charge in [0, 0.05) is 0 Å². The van der Waals surface area contributed by atoms with Gasteiger partial charge in [-0.25, -0.2) is 0 Å². The van der Waals surface area contributed by atoms with E-state index >= 15 is 0 Å². The highest BCUT2D eigenvalue weighted by molar-refractivity contribution is 5.43. The highest BCUT2D eigenvalue weighted by Gasteiger charge is 2.42. The molecule has 0 atom stereocenters. The third-order valence-electron chi connectivity index (χ3n) is 3.71. The second-order valence-electron chi connectivity index (χ2n) is 5.72. The molecular formula is C14H18O2. The van der Waals surface area contributed by atoms with Crippen LogP contribution in [0.15, 0.2) is 18.2 Å². The molecule has 1 aromatic rings. The van der Waals surface area contributed by atoms with Crippen LogP contribution in [0.25, 0.3) is 0 Å². The summed E-state index contributed by atoms with van der Waals surface area (Å²) in [5.41, 5.74) is 1.66. The molecule has 1 aromatic carbocycles. The predicted molar refractivity (Wildman–Crippen MR) is 62.6 cm³/mol. The predicted octanol–water partition coefficient (Wildman–Crippen LogP) is 2.77. The lowest BCUT2D eigenvalue weighted by atomic mass is 9.93. The molecule has 1 heterocycles. The van der Waals surface area contributed by atoms with E-state index in [1.807, 2.05) is 12.1 Å². The number of fused-ring (bicyclic) bond motifs is 1. The van der Waals surface area contributed by atoms with Crippen LogP contribution in [0, 0.1) is 0 Å². The van der Waals surface area contributed by atoms with Crippen molar-refractivity contribution in [2.75, 3.05) is 0 Å². The maximum absolute atomic E-state index is 10.1. The van der Waals surface area contributed by atoms with Gasteiger partial charge in [0.15, 0.2) is 0 Å². The first-order valence-corrected chi connectivity index (χ1v) is 6.03.